The summed E-state index contributed by atoms with van der Waals surface area (Å²) in [6, 6.07) is 2.84. The molecule has 0 N–H and O–H groups in total. The highest BCUT2D eigenvalue weighted by Gasteiger charge is 2.34. The van der Waals surface area contributed by atoms with E-state index < -0.39 is 12.0 Å². The summed E-state index contributed by atoms with van der Waals surface area (Å²) in [5, 5.41) is 8.21. The first-order valence-corrected chi connectivity index (χ1v) is 3.22. The van der Waals surface area contributed by atoms with Gasteiger partial charge in [-0.2, -0.15) is 18.4 Å². The van der Waals surface area contributed by atoms with Crippen LogP contribution in [0.25, 0.3) is 0 Å². The summed E-state index contributed by atoms with van der Waals surface area (Å²) in [5.41, 5.74) is 0.0184. The van der Waals surface area contributed by atoms with E-state index in [-0.39, 0.29) is 12.1 Å². The zero-order chi connectivity index (χ0) is 9.90. The summed E-state index contributed by atoms with van der Waals surface area (Å²) < 4.78 is 35.9. The highest BCUT2D eigenvalue weighted by Crippen LogP contribution is 2.25. The predicted molar refractivity (Wildman–Crippen MR) is 35.2 cm³/mol. The molecule has 0 amide bonds. The number of nitriles is 1. The molecule has 0 saturated heterocycles. The van der Waals surface area contributed by atoms with Gasteiger partial charge in [-0.1, -0.05) is 0 Å². The molecule has 0 bridgehead atoms. The van der Waals surface area contributed by atoms with Crippen molar-refractivity contribution in [3.05, 3.63) is 23.8 Å². The van der Waals surface area contributed by atoms with Crippen LogP contribution in [-0.2, 0) is 12.6 Å². The molecule has 0 aliphatic heterocycles. The second-order valence-corrected chi connectivity index (χ2v) is 2.14. The highest BCUT2D eigenvalue weighted by molar-refractivity contribution is 5.07. The van der Waals surface area contributed by atoms with Gasteiger partial charge in [0.05, 0.1) is 24.4 Å². The monoisotopic (exact) mass is 186 g/mol. The Kier molecular flexibility index (Phi) is 2.46. The molecule has 1 aromatic rings. The highest BCUT2D eigenvalue weighted by atomic mass is 19.4. The maximum absolute atomic E-state index is 12.0. The van der Waals surface area contributed by atoms with Crippen molar-refractivity contribution >= 4 is 0 Å². The van der Waals surface area contributed by atoms with Crippen LogP contribution in [0.4, 0.5) is 13.2 Å². The van der Waals surface area contributed by atoms with Gasteiger partial charge in [0.25, 0.3) is 0 Å². The summed E-state index contributed by atoms with van der Waals surface area (Å²) in [5.74, 6) is -1.26. The fourth-order valence-corrected chi connectivity index (χ4v) is 0.660. The van der Waals surface area contributed by atoms with Crippen molar-refractivity contribution in [2.24, 2.45) is 0 Å². The van der Waals surface area contributed by atoms with Gasteiger partial charge >= 0.3 is 6.18 Å². The predicted octanol–water partition coefficient (Wildman–Crippen LogP) is 1.36. The van der Waals surface area contributed by atoms with Crippen LogP contribution in [0.15, 0.2) is 6.07 Å². The molecule has 0 aliphatic rings. The Labute approximate surface area is 71.9 Å². The first-order valence-electron chi connectivity index (χ1n) is 3.22. The van der Waals surface area contributed by atoms with E-state index in [0.717, 1.165) is 6.07 Å². The molecule has 1 rings (SSSR count). The average Bonchev–Trinajstić information content (AvgIpc) is 2.04. The Morgan fingerprint density at radius 2 is 2.23 bits per heavy atom. The van der Waals surface area contributed by atoms with E-state index in [4.69, 9.17) is 5.26 Å². The van der Waals surface area contributed by atoms with Crippen LogP contribution < -0.4 is 0 Å². The minimum absolute atomic E-state index is 0.0184. The molecule has 1 radical (unpaired) electrons. The van der Waals surface area contributed by atoms with Crippen LogP contribution in [0.3, 0.4) is 0 Å². The third-order valence-electron chi connectivity index (χ3n) is 1.16. The summed E-state index contributed by atoms with van der Waals surface area (Å²) >= 11 is 0. The number of halogens is 3. The van der Waals surface area contributed by atoms with Crippen molar-refractivity contribution in [1.29, 1.82) is 5.26 Å². The van der Waals surface area contributed by atoms with E-state index in [2.05, 4.69) is 9.97 Å². The number of aromatic nitrogens is 2. The van der Waals surface area contributed by atoms with E-state index >= 15 is 0 Å². The fraction of sp³-hybridized carbons (Fsp3) is 0.286. The Morgan fingerprint density at radius 1 is 1.54 bits per heavy atom. The lowest BCUT2D eigenvalue weighted by Gasteiger charge is -2.03. The average molecular weight is 186 g/mol. The zero-order valence-electron chi connectivity index (χ0n) is 6.26. The summed E-state index contributed by atoms with van der Waals surface area (Å²) in [6.07, 6.45) is -2.72. The largest absolute Gasteiger partial charge is 0.451 e. The van der Waals surface area contributed by atoms with Crippen LogP contribution in [0.5, 0.6) is 0 Å². The van der Waals surface area contributed by atoms with E-state index in [1.165, 1.54) is 0 Å². The second-order valence-electron chi connectivity index (χ2n) is 2.14. The van der Waals surface area contributed by atoms with Gasteiger partial charge in [0, 0.05) is 0 Å². The standard InChI is InChI=1S/C7H3F3N3/c8-7(9,10)6-12-4-2-5(13-6)1-3-11/h2H,1H2. The van der Waals surface area contributed by atoms with Crippen molar-refractivity contribution in [2.75, 3.05) is 0 Å². The van der Waals surface area contributed by atoms with E-state index in [0.29, 0.717) is 0 Å². The molecule has 1 aromatic heterocycles. The normalized spacial score (nSPS) is 10.9. The molecule has 13 heavy (non-hydrogen) atoms. The van der Waals surface area contributed by atoms with Crippen molar-refractivity contribution < 1.29 is 13.2 Å². The van der Waals surface area contributed by atoms with Gasteiger partial charge in [0.2, 0.25) is 5.82 Å². The third-order valence-corrected chi connectivity index (χ3v) is 1.16. The van der Waals surface area contributed by atoms with E-state index in [1.807, 2.05) is 6.20 Å². The minimum atomic E-state index is -4.58. The molecule has 0 spiro atoms. The molecular formula is C7H3F3N3. The van der Waals surface area contributed by atoms with Crippen LogP contribution in [0.2, 0.25) is 0 Å². The van der Waals surface area contributed by atoms with Gasteiger partial charge in [-0.3, -0.25) is 0 Å². The number of hydrogen-bond acceptors (Lipinski definition) is 3. The smallest absolute Gasteiger partial charge is 0.228 e. The lowest BCUT2D eigenvalue weighted by Crippen LogP contribution is -2.11. The minimum Gasteiger partial charge on any atom is -0.228 e. The van der Waals surface area contributed by atoms with Gasteiger partial charge in [-0.05, 0) is 6.07 Å². The summed E-state index contributed by atoms with van der Waals surface area (Å²) in [7, 11) is 0. The molecule has 1 heterocycles. The molecule has 0 unspecified atom stereocenters. The van der Waals surface area contributed by atoms with Crippen LogP contribution in [-0.4, -0.2) is 9.97 Å². The SMILES string of the molecule is N#CCc1c[c]nc(C(F)(F)F)n1. The van der Waals surface area contributed by atoms with Gasteiger partial charge in [0.15, 0.2) is 0 Å². The number of nitrogens with zero attached hydrogens (tertiary/aromatic N) is 3. The maximum Gasteiger partial charge on any atom is 0.451 e. The van der Waals surface area contributed by atoms with Crippen molar-refractivity contribution in [1.82, 2.24) is 9.97 Å². The molecule has 67 valence electrons. The molecule has 0 aromatic carbocycles. The quantitative estimate of drug-likeness (QED) is 0.665. The first-order chi connectivity index (χ1) is 6.04. The van der Waals surface area contributed by atoms with E-state index in [9.17, 15) is 13.2 Å². The third kappa shape index (κ3) is 2.40. The molecule has 0 fully saturated rings. The van der Waals surface area contributed by atoms with Gasteiger partial charge in [-0.25, -0.2) is 9.97 Å². The van der Waals surface area contributed by atoms with Crippen molar-refractivity contribution in [3.8, 4) is 6.07 Å². The molecule has 0 atom stereocenters. The lowest BCUT2D eigenvalue weighted by atomic mass is 10.3. The Bertz CT molecular complexity index is 340. The fourth-order valence-electron chi connectivity index (χ4n) is 0.660. The van der Waals surface area contributed by atoms with Crippen LogP contribution in [0, 0.1) is 17.5 Å². The summed E-state index contributed by atoms with van der Waals surface area (Å²) in [4.78, 5) is 6.07. The lowest BCUT2D eigenvalue weighted by molar-refractivity contribution is -0.145. The zero-order valence-corrected chi connectivity index (χ0v) is 6.26. The number of rotatable bonds is 1. The summed E-state index contributed by atoms with van der Waals surface area (Å²) in [6.45, 7) is 0. The van der Waals surface area contributed by atoms with E-state index in [1.54, 1.807) is 6.07 Å². The molecular weight excluding hydrogens is 183 g/mol. The Morgan fingerprint density at radius 3 is 2.77 bits per heavy atom. The molecule has 0 aliphatic carbocycles. The van der Waals surface area contributed by atoms with Crippen LogP contribution in [0.1, 0.15) is 11.5 Å². The second kappa shape index (κ2) is 3.39. The Balaban J connectivity index is 3.00. The molecule has 3 nitrogen and oxygen atoms in total. The maximum atomic E-state index is 12.0. The molecule has 6 heteroatoms. The van der Waals surface area contributed by atoms with Crippen molar-refractivity contribution in [2.45, 2.75) is 12.6 Å². The first kappa shape index (κ1) is 9.45. The van der Waals surface area contributed by atoms with Gasteiger partial charge in [-0.15, -0.1) is 0 Å². The van der Waals surface area contributed by atoms with Crippen molar-refractivity contribution in [3.63, 3.8) is 0 Å². The van der Waals surface area contributed by atoms with Gasteiger partial charge in [0.1, 0.15) is 0 Å². The van der Waals surface area contributed by atoms with Crippen LogP contribution >= 0.6 is 0 Å². The number of hydrogen-bond donors (Lipinski definition) is 0. The number of alkyl halides is 3. The topological polar surface area (TPSA) is 49.6 Å². The van der Waals surface area contributed by atoms with Gasteiger partial charge < -0.3 is 0 Å². The Hall–Kier alpha value is -1.64. The molecule has 0 saturated carbocycles.